The molecule has 1 aliphatic heterocycles. The van der Waals surface area contributed by atoms with Crippen LogP contribution in [0.4, 0.5) is 13.2 Å². The van der Waals surface area contributed by atoms with Gasteiger partial charge in [0.2, 0.25) is 0 Å². The second-order valence-corrected chi connectivity index (χ2v) is 5.89. The number of pyridine rings is 1. The van der Waals surface area contributed by atoms with Crippen molar-refractivity contribution in [1.82, 2.24) is 9.88 Å². The van der Waals surface area contributed by atoms with Crippen molar-refractivity contribution < 1.29 is 22.7 Å². The third kappa shape index (κ3) is 4.29. The van der Waals surface area contributed by atoms with E-state index in [4.69, 9.17) is 4.74 Å². The Morgan fingerprint density at radius 2 is 1.80 bits per heavy atom. The number of nitrogens with zero attached hydrogens (tertiary/aromatic N) is 2. The molecule has 1 saturated heterocycles. The maximum atomic E-state index is 12.6. The predicted octanol–water partition coefficient (Wildman–Crippen LogP) is 3.78. The number of hydrogen-bond acceptors (Lipinski definition) is 3. The third-order valence-electron chi connectivity index (χ3n) is 4.08. The van der Waals surface area contributed by atoms with E-state index in [0.717, 1.165) is 25.0 Å². The average Bonchev–Trinajstić information content (AvgIpc) is 2.61. The Kier molecular flexibility index (Phi) is 4.92. The highest BCUT2D eigenvalue weighted by molar-refractivity contribution is 5.94. The van der Waals surface area contributed by atoms with Crippen LogP contribution in [-0.4, -0.2) is 35.0 Å². The molecule has 1 fully saturated rings. The Labute approximate surface area is 143 Å². The summed E-state index contributed by atoms with van der Waals surface area (Å²) in [5.41, 5.74) is -0.515. The minimum Gasteiger partial charge on any atom is -0.488 e. The molecule has 2 heterocycles. The lowest BCUT2D eigenvalue weighted by Gasteiger charge is -2.33. The number of benzene rings is 1. The highest BCUT2D eigenvalue weighted by Crippen LogP contribution is 2.29. The van der Waals surface area contributed by atoms with Gasteiger partial charge in [0.1, 0.15) is 11.9 Å². The third-order valence-corrected chi connectivity index (χ3v) is 4.08. The molecule has 0 saturated carbocycles. The van der Waals surface area contributed by atoms with Crippen LogP contribution in [0.5, 0.6) is 5.75 Å². The SMILES string of the molecule is O=C(c1ccc(C(F)(F)F)cc1)N1CCCC(Oc2ccncc2)C1. The molecule has 0 radical (unpaired) electrons. The summed E-state index contributed by atoms with van der Waals surface area (Å²) in [6.07, 6.45) is 0.304. The number of alkyl halides is 3. The maximum absolute atomic E-state index is 12.6. The van der Waals surface area contributed by atoms with E-state index in [9.17, 15) is 18.0 Å². The molecule has 25 heavy (non-hydrogen) atoms. The molecule has 1 amide bonds. The Morgan fingerprint density at radius 1 is 1.12 bits per heavy atom. The van der Waals surface area contributed by atoms with Crippen LogP contribution in [0.25, 0.3) is 0 Å². The van der Waals surface area contributed by atoms with Crippen LogP contribution < -0.4 is 4.74 Å². The van der Waals surface area contributed by atoms with Crippen LogP contribution in [0, 0.1) is 0 Å². The van der Waals surface area contributed by atoms with Gasteiger partial charge in [-0.05, 0) is 49.2 Å². The lowest BCUT2D eigenvalue weighted by molar-refractivity contribution is -0.137. The monoisotopic (exact) mass is 350 g/mol. The first-order valence-electron chi connectivity index (χ1n) is 7.97. The van der Waals surface area contributed by atoms with Gasteiger partial charge < -0.3 is 9.64 Å². The minimum atomic E-state index is -4.41. The van der Waals surface area contributed by atoms with Crippen molar-refractivity contribution in [3.8, 4) is 5.75 Å². The Bertz CT molecular complexity index is 717. The van der Waals surface area contributed by atoms with E-state index in [2.05, 4.69) is 4.98 Å². The highest BCUT2D eigenvalue weighted by Gasteiger charge is 2.31. The summed E-state index contributed by atoms with van der Waals surface area (Å²) in [6, 6.07) is 7.80. The van der Waals surface area contributed by atoms with Crippen LogP contribution >= 0.6 is 0 Å². The molecule has 0 aliphatic carbocycles. The first kappa shape index (κ1) is 17.3. The molecule has 0 N–H and O–H groups in total. The van der Waals surface area contributed by atoms with Crippen molar-refractivity contribution in [2.75, 3.05) is 13.1 Å². The number of ether oxygens (including phenoxy) is 1. The number of carbonyl (C=O) groups excluding carboxylic acids is 1. The molecule has 4 nitrogen and oxygen atoms in total. The zero-order valence-electron chi connectivity index (χ0n) is 13.4. The normalized spacial score (nSPS) is 18.0. The number of likely N-dealkylation sites (tertiary alicyclic amines) is 1. The van der Waals surface area contributed by atoms with Gasteiger partial charge >= 0.3 is 6.18 Å². The smallest absolute Gasteiger partial charge is 0.416 e. The summed E-state index contributed by atoms with van der Waals surface area (Å²) in [5, 5.41) is 0. The molecule has 132 valence electrons. The molecule has 2 aromatic rings. The van der Waals surface area contributed by atoms with Crippen LogP contribution in [-0.2, 0) is 6.18 Å². The number of rotatable bonds is 3. The summed E-state index contributed by atoms with van der Waals surface area (Å²) in [5.74, 6) is 0.403. The summed E-state index contributed by atoms with van der Waals surface area (Å²) in [6.45, 7) is 0.970. The predicted molar refractivity (Wildman–Crippen MR) is 85.2 cm³/mol. The average molecular weight is 350 g/mol. The molecule has 0 spiro atoms. The molecular formula is C18H17F3N2O2. The largest absolute Gasteiger partial charge is 0.488 e. The molecule has 1 aliphatic rings. The number of hydrogen-bond donors (Lipinski definition) is 0. The lowest BCUT2D eigenvalue weighted by atomic mass is 10.1. The topological polar surface area (TPSA) is 42.4 Å². The summed E-state index contributed by atoms with van der Waals surface area (Å²) in [4.78, 5) is 18.1. The van der Waals surface area contributed by atoms with Gasteiger partial charge in [0, 0.05) is 24.5 Å². The Hall–Kier alpha value is -2.57. The molecule has 3 rings (SSSR count). The zero-order valence-corrected chi connectivity index (χ0v) is 13.4. The molecule has 1 aromatic carbocycles. The fourth-order valence-corrected chi connectivity index (χ4v) is 2.81. The van der Waals surface area contributed by atoms with Crippen LogP contribution in [0.2, 0.25) is 0 Å². The minimum absolute atomic E-state index is 0.144. The van der Waals surface area contributed by atoms with Gasteiger partial charge in [-0.3, -0.25) is 9.78 Å². The van der Waals surface area contributed by atoms with Crippen molar-refractivity contribution in [2.45, 2.75) is 25.1 Å². The second-order valence-electron chi connectivity index (χ2n) is 5.89. The van der Waals surface area contributed by atoms with Crippen molar-refractivity contribution in [2.24, 2.45) is 0 Å². The van der Waals surface area contributed by atoms with Crippen LogP contribution in [0.3, 0.4) is 0 Å². The van der Waals surface area contributed by atoms with E-state index in [1.165, 1.54) is 12.1 Å². The Balaban J connectivity index is 1.65. The van der Waals surface area contributed by atoms with Gasteiger partial charge in [-0.1, -0.05) is 0 Å². The van der Waals surface area contributed by atoms with Crippen molar-refractivity contribution in [3.63, 3.8) is 0 Å². The second kappa shape index (κ2) is 7.13. The van der Waals surface area contributed by atoms with Crippen molar-refractivity contribution in [3.05, 3.63) is 59.9 Å². The lowest BCUT2D eigenvalue weighted by Crippen LogP contribution is -2.44. The van der Waals surface area contributed by atoms with Gasteiger partial charge in [-0.25, -0.2) is 0 Å². The number of aromatic nitrogens is 1. The standard InChI is InChI=1S/C18H17F3N2O2/c19-18(20,21)14-5-3-13(4-6-14)17(24)23-11-1-2-16(12-23)25-15-7-9-22-10-8-15/h3-10,16H,1-2,11-12H2. The first-order chi connectivity index (χ1) is 11.9. The Morgan fingerprint density at radius 3 is 2.44 bits per heavy atom. The maximum Gasteiger partial charge on any atom is 0.416 e. The fourth-order valence-electron chi connectivity index (χ4n) is 2.81. The number of amides is 1. The van der Waals surface area contributed by atoms with Gasteiger partial charge in [0.15, 0.2) is 0 Å². The molecule has 7 heteroatoms. The quantitative estimate of drug-likeness (QED) is 0.846. The summed E-state index contributed by atoms with van der Waals surface area (Å²) in [7, 11) is 0. The van der Waals surface area contributed by atoms with Gasteiger partial charge in [0.25, 0.3) is 5.91 Å². The number of carbonyl (C=O) groups is 1. The van der Waals surface area contributed by atoms with Crippen molar-refractivity contribution in [1.29, 1.82) is 0 Å². The molecular weight excluding hydrogens is 333 g/mol. The summed E-state index contributed by atoms with van der Waals surface area (Å²) < 4.78 is 43.7. The molecule has 1 aromatic heterocycles. The van der Waals surface area contributed by atoms with E-state index in [1.54, 1.807) is 29.4 Å². The van der Waals surface area contributed by atoms with Gasteiger partial charge in [-0.15, -0.1) is 0 Å². The van der Waals surface area contributed by atoms with Crippen LogP contribution in [0.15, 0.2) is 48.8 Å². The number of piperidine rings is 1. The summed E-state index contributed by atoms with van der Waals surface area (Å²) >= 11 is 0. The molecule has 0 bridgehead atoms. The van der Waals surface area contributed by atoms with E-state index >= 15 is 0 Å². The van der Waals surface area contributed by atoms with Crippen LogP contribution in [0.1, 0.15) is 28.8 Å². The molecule has 1 atom stereocenters. The number of halogens is 3. The van der Waals surface area contributed by atoms with Crippen molar-refractivity contribution >= 4 is 5.91 Å². The van der Waals surface area contributed by atoms with E-state index in [0.29, 0.717) is 18.8 Å². The van der Waals surface area contributed by atoms with E-state index < -0.39 is 11.7 Å². The fraction of sp³-hybridized carbons (Fsp3) is 0.333. The van der Waals surface area contributed by atoms with Gasteiger partial charge in [0.05, 0.1) is 12.1 Å². The first-order valence-corrected chi connectivity index (χ1v) is 7.97. The van der Waals surface area contributed by atoms with Gasteiger partial charge in [-0.2, -0.15) is 13.2 Å². The molecule has 1 unspecified atom stereocenters. The van der Waals surface area contributed by atoms with E-state index in [-0.39, 0.29) is 17.6 Å². The van der Waals surface area contributed by atoms with E-state index in [1.807, 2.05) is 0 Å². The zero-order chi connectivity index (χ0) is 17.9. The highest BCUT2D eigenvalue weighted by atomic mass is 19.4.